The second-order valence-electron chi connectivity index (χ2n) is 5.18. The molecule has 1 unspecified atom stereocenters. The molecule has 0 bridgehead atoms. The molecule has 2 aromatic carbocycles. The number of benzene rings is 2. The molecule has 1 heterocycles. The molecule has 116 valence electrons. The third-order valence-electron chi connectivity index (χ3n) is 3.48. The van der Waals surface area contributed by atoms with E-state index in [1.54, 1.807) is 12.1 Å². The fraction of sp³-hybridized carbons (Fsp3) is 0.167. The molecular formula is C18H16N2O2S. The molecule has 4 nitrogen and oxygen atoms in total. The molecule has 2 amide bonds. The lowest BCUT2D eigenvalue weighted by Gasteiger charge is -2.14. The van der Waals surface area contributed by atoms with E-state index < -0.39 is 5.25 Å². The molecule has 1 saturated heterocycles. The largest absolute Gasteiger partial charge is 0.274 e. The number of nitrogens with zero attached hydrogens (tertiary/aromatic N) is 2. The predicted octanol–water partition coefficient (Wildman–Crippen LogP) is 3.80. The van der Waals surface area contributed by atoms with Crippen molar-refractivity contribution >= 4 is 40.0 Å². The van der Waals surface area contributed by atoms with Gasteiger partial charge in [0.05, 0.1) is 21.7 Å². The third-order valence-corrected chi connectivity index (χ3v) is 4.56. The van der Waals surface area contributed by atoms with Gasteiger partial charge >= 0.3 is 0 Å². The number of amides is 2. The molecule has 1 aliphatic rings. The van der Waals surface area contributed by atoms with Crippen molar-refractivity contribution in [3.8, 4) is 0 Å². The first kappa shape index (κ1) is 15.5. The number of para-hydroxylation sites is 2. The van der Waals surface area contributed by atoms with Gasteiger partial charge < -0.3 is 0 Å². The Morgan fingerprint density at radius 2 is 1.65 bits per heavy atom. The van der Waals surface area contributed by atoms with Crippen LogP contribution in [0, 0.1) is 0 Å². The zero-order chi connectivity index (χ0) is 16.2. The van der Waals surface area contributed by atoms with Crippen molar-refractivity contribution in [1.29, 1.82) is 0 Å². The van der Waals surface area contributed by atoms with Crippen molar-refractivity contribution in [2.24, 2.45) is 4.99 Å². The molecule has 2 aromatic rings. The number of imide groups is 1. The first-order valence-electron chi connectivity index (χ1n) is 7.34. The Hall–Kier alpha value is -2.40. The lowest BCUT2D eigenvalue weighted by atomic mass is 10.3. The van der Waals surface area contributed by atoms with E-state index >= 15 is 0 Å². The molecule has 1 fully saturated rings. The Morgan fingerprint density at radius 3 is 2.30 bits per heavy atom. The highest BCUT2D eigenvalue weighted by Gasteiger charge is 2.40. The highest BCUT2D eigenvalue weighted by Crippen LogP contribution is 2.30. The Kier molecular flexibility index (Phi) is 4.57. The van der Waals surface area contributed by atoms with E-state index in [1.807, 2.05) is 55.5 Å². The van der Waals surface area contributed by atoms with Crippen LogP contribution in [-0.2, 0) is 9.59 Å². The average molecular weight is 324 g/mol. The summed E-state index contributed by atoms with van der Waals surface area (Å²) in [7, 11) is 0. The maximum atomic E-state index is 12.5. The van der Waals surface area contributed by atoms with Gasteiger partial charge in [0.25, 0.3) is 0 Å². The Balaban J connectivity index is 1.74. The molecular weight excluding hydrogens is 308 g/mol. The van der Waals surface area contributed by atoms with Crippen molar-refractivity contribution in [1.82, 2.24) is 0 Å². The summed E-state index contributed by atoms with van der Waals surface area (Å²) in [6, 6.07) is 18.6. The van der Waals surface area contributed by atoms with Gasteiger partial charge in [0.15, 0.2) is 0 Å². The van der Waals surface area contributed by atoms with Crippen LogP contribution >= 0.6 is 11.8 Å². The maximum Gasteiger partial charge on any atom is 0.247 e. The summed E-state index contributed by atoms with van der Waals surface area (Å²) >= 11 is 1.35. The molecule has 0 radical (unpaired) electrons. The monoisotopic (exact) mass is 324 g/mol. The van der Waals surface area contributed by atoms with Crippen LogP contribution in [0.15, 0.2) is 65.7 Å². The van der Waals surface area contributed by atoms with Crippen molar-refractivity contribution in [2.75, 3.05) is 4.90 Å². The van der Waals surface area contributed by atoms with Crippen LogP contribution in [-0.4, -0.2) is 22.1 Å². The molecule has 0 saturated carbocycles. The molecule has 3 rings (SSSR count). The van der Waals surface area contributed by atoms with Crippen LogP contribution < -0.4 is 4.90 Å². The number of hydrogen-bond donors (Lipinski definition) is 0. The zero-order valence-corrected chi connectivity index (χ0v) is 13.5. The van der Waals surface area contributed by atoms with Crippen LogP contribution in [0.25, 0.3) is 0 Å². The van der Waals surface area contributed by atoms with E-state index in [0.717, 1.165) is 10.7 Å². The minimum absolute atomic E-state index is 0.161. The first-order chi connectivity index (χ1) is 11.1. The van der Waals surface area contributed by atoms with Crippen LogP contribution in [0.5, 0.6) is 0 Å². The van der Waals surface area contributed by atoms with E-state index in [-0.39, 0.29) is 18.2 Å². The van der Waals surface area contributed by atoms with Crippen LogP contribution in [0.2, 0.25) is 0 Å². The number of hydrogen-bond acceptors (Lipinski definition) is 4. The van der Waals surface area contributed by atoms with Gasteiger partial charge in [-0.15, -0.1) is 0 Å². The highest BCUT2D eigenvalue weighted by molar-refractivity contribution is 8.15. The standard InChI is InChI=1S/C18H16N2O2S/c1-13(19-14-8-4-2-5-9-14)23-16-12-17(21)20(18(16)22)15-10-6-3-7-11-15/h2-11,16H,12H2,1H3. The Bertz CT molecular complexity index is 744. The Labute approximate surface area is 139 Å². The number of carbonyl (C=O) groups excluding carboxylic acids is 2. The van der Waals surface area contributed by atoms with Crippen molar-refractivity contribution in [2.45, 2.75) is 18.6 Å². The number of rotatable bonds is 3. The van der Waals surface area contributed by atoms with E-state index in [4.69, 9.17) is 0 Å². The van der Waals surface area contributed by atoms with E-state index in [1.165, 1.54) is 16.7 Å². The van der Waals surface area contributed by atoms with E-state index in [2.05, 4.69) is 4.99 Å². The summed E-state index contributed by atoms with van der Waals surface area (Å²) in [6.07, 6.45) is 0.208. The predicted molar refractivity (Wildman–Crippen MR) is 94.1 cm³/mol. The molecule has 0 N–H and O–H groups in total. The van der Waals surface area contributed by atoms with Gasteiger partial charge in [-0.25, -0.2) is 9.89 Å². The van der Waals surface area contributed by atoms with Crippen molar-refractivity contribution in [3.05, 3.63) is 60.7 Å². The third kappa shape index (κ3) is 3.51. The van der Waals surface area contributed by atoms with E-state index in [9.17, 15) is 9.59 Å². The fourth-order valence-corrected chi connectivity index (χ4v) is 3.46. The smallest absolute Gasteiger partial charge is 0.247 e. The minimum Gasteiger partial charge on any atom is -0.274 e. The number of carbonyl (C=O) groups is 2. The second kappa shape index (κ2) is 6.79. The van der Waals surface area contributed by atoms with Crippen LogP contribution in [0.4, 0.5) is 11.4 Å². The van der Waals surface area contributed by atoms with Gasteiger partial charge in [0.2, 0.25) is 11.8 Å². The quantitative estimate of drug-likeness (QED) is 0.490. The highest BCUT2D eigenvalue weighted by atomic mass is 32.2. The van der Waals surface area contributed by atoms with Crippen LogP contribution in [0.1, 0.15) is 13.3 Å². The molecule has 0 aromatic heterocycles. The average Bonchev–Trinajstić information content (AvgIpc) is 2.83. The topological polar surface area (TPSA) is 49.7 Å². The minimum atomic E-state index is -0.407. The SMILES string of the molecule is CC(=Nc1ccccc1)SC1CC(=O)N(c2ccccc2)C1=O. The van der Waals surface area contributed by atoms with Gasteiger partial charge in [0.1, 0.15) is 0 Å². The number of anilines is 1. The summed E-state index contributed by atoms with van der Waals surface area (Å²) in [5.41, 5.74) is 1.47. The first-order valence-corrected chi connectivity index (χ1v) is 8.22. The summed E-state index contributed by atoms with van der Waals surface area (Å²) in [5, 5.41) is 0.368. The molecule has 0 aliphatic carbocycles. The molecule has 1 aliphatic heterocycles. The number of thioether (sulfide) groups is 1. The molecule has 0 spiro atoms. The second-order valence-corrected chi connectivity index (χ2v) is 6.58. The zero-order valence-electron chi connectivity index (χ0n) is 12.7. The van der Waals surface area contributed by atoms with Gasteiger partial charge in [-0.05, 0) is 31.2 Å². The van der Waals surface area contributed by atoms with Crippen molar-refractivity contribution in [3.63, 3.8) is 0 Å². The molecule has 5 heteroatoms. The molecule has 1 atom stereocenters. The summed E-state index contributed by atoms with van der Waals surface area (Å²) in [5.74, 6) is -0.333. The maximum absolute atomic E-state index is 12.5. The lowest BCUT2D eigenvalue weighted by molar-refractivity contribution is -0.121. The summed E-state index contributed by atoms with van der Waals surface area (Å²) in [4.78, 5) is 30.5. The van der Waals surface area contributed by atoms with Gasteiger partial charge in [0, 0.05) is 6.42 Å². The van der Waals surface area contributed by atoms with Gasteiger partial charge in [-0.1, -0.05) is 48.2 Å². The summed E-state index contributed by atoms with van der Waals surface area (Å²) < 4.78 is 0. The van der Waals surface area contributed by atoms with Gasteiger partial charge in [-0.3, -0.25) is 9.59 Å². The van der Waals surface area contributed by atoms with Gasteiger partial charge in [-0.2, -0.15) is 0 Å². The lowest BCUT2D eigenvalue weighted by Crippen LogP contribution is -2.31. The molecule has 23 heavy (non-hydrogen) atoms. The summed E-state index contributed by atoms with van der Waals surface area (Å²) in [6.45, 7) is 1.86. The Morgan fingerprint density at radius 1 is 1.04 bits per heavy atom. The van der Waals surface area contributed by atoms with E-state index in [0.29, 0.717) is 5.69 Å². The number of aliphatic imine (C=N–C) groups is 1. The fourth-order valence-electron chi connectivity index (χ4n) is 2.46. The van der Waals surface area contributed by atoms with Crippen molar-refractivity contribution < 1.29 is 9.59 Å². The normalized spacial score (nSPS) is 18.6. The van der Waals surface area contributed by atoms with Crippen LogP contribution in [0.3, 0.4) is 0 Å².